The summed E-state index contributed by atoms with van der Waals surface area (Å²) in [5.74, 6) is 1.12. The Bertz CT molecular complexity index is 524. The molecule has 2 N–H and O–H groups in total. The number of aliphatic hydroxyl groups is 1. The average Bonchev–Trinajstić information content (AvgIpc) is 2.97. The fraction of sp³-hybridized carbons (Fsp3) is 0.611. The van der Waals surface area contributed by atoms with E-state index in [0.29, 0.717) is 13.1 Å². The summed E-state index contributed by atoms with van der Waals surface area (Å²) in [4.78, 5) is 13.9. The number of hydrogen-bond donors (Lipinski definition) is 2. The Hall–Kier alpha value is -1.75. The molecule has 2 amide bonds. The van der Waals surface area contributed by atoms with Gasteiger partial charge in [-0.25, -0.2) is 4.79 Å². The predicted molar refractivity (Wildman–Crippen MR) is 88.6 cm³/mol. The van der Waals surface area contributed by atoms with Crippen LogP contribution in [0.5, 0.6) is 5.75 Å². The van der Waals surface area contributed by atoms with Crippen LogP contribution in [0, 0.1) is 5.92 Å². The van der Waals surface area contributed by atoms with Gasteiger partial charge in [0.05, 0.1) is 12.6 Å². The molecule has 1 aromatic carbocycles. The van der Waals surface area contributed by atoms with E-state index in [4.69, 9.17) is 4.74 Å². The lowest BCUT2D eigenvalue weighted by atomic mass is 9.86. The number of nitrogens with one attached hydrogen (secondary N) is 1. The molecule has 5 heteroatoms. The molecule has 1 aromatic rings. The number of ether oxygens (including phenoxy) is 1. The third kappa shape index (κ3) is 3.96. The molecule has 0 unspecified atom stereocenters. The maximum Gasteiger partial charge on any atom is 0.317 e. The first-order chi connectivity index (χ1) is 11.1. The number of carbonyl (C=O) groups excluding carboxylic acids is 1. The van der Waals surface area contributed by atoms with Crippen molar-refractivity contribution in [2.45, 2.75) is 44.3 Å². The number of para-hydroxylation sites is 1. The molecule has 0 bridgehead atoms. The molecular formula is C18H26N2O3. The summed E-state index contributed by atoms with van der Waals surface area (Å²) in [6, 6.07) is 7.90. The topological polar surface area (TPSA) is 61.8 Å². The number of benzene rings is 1. The normalized spacial score (nSPS) is 26.3. The first-order valence-corrected chi connectivity index (χ1v) is 8.55. The Labute approximate surface area is 137 Å². The van der Waals surface area contributed by atoms with Crippen LogP contribution in [0.2, 0.25) is 0 Å². The van der Waals surface area contributed by atoms with Crippen molar-refractivity contribution in [1.82, 2.24) is 10.2 Å². The van der Waals surface area contributed by atoms with Gasteiger partial charge >= 0.3 is 6.03 Å². The molecule has 1 aliphatic carbocycles. The average molecular weight is 318 g/mol. The second kappa shape index (κ2) is 7.21. The van der Waals surface area contributed by atoms with E-state index in [2.05, 4.69) is 11.4 Å². The Kier molecular flexibility index (Phi) is 5.06. The van der Waals surface area contributed by atoms with Crippen LogP contribution in [-0.4, -0.2) is 48.4 Å². The maximum absolute atomic E-state index is 12.2. The molecule has 3 atom stereocenters. The standard InChI is InChI=1S/C18H26N2O3/c1-20(12-14-7-2-4-8-16(14)21)18(22)19-11-15-10-13-6-3-5-9-17(13)23-15/h3,5-6,9,14-16,21H,2,4,7-8,10-12H2,1H3,(H,19,22)/t14-,15+,16-/m0/s1. The lowest BCUT2D eigenvalue weighted by Gasteiger charge is -2.31. The molecule has 0 radical (unpaired) electrons. The third-order valence-corrected chi connectivity index (χ3v) is 4.92. The zero-order valence-corrected chi connectivity index (χ0v) is 13.7. The molecule has 0 saturated heterocycles. The van der Waals surface area contributed by atoms with Gasteiger partial charge < -0.3 is 20.1 Å². The highest BCUT2D eigenvalue weighted by atomic mass is 16.5. The van der Waals surface area contributed by atoms with E-state index in [1.807, 2.05) is 18.2 Å². The van der Waals surface area contributed by atoms with E-state index in [1.54, 1.807) is 11.9 Å². The Morgan fingerprint density at radius 3 is 2.91 bits per heavy atom. The van der Waals surface area contributed by atoms with Crippen LogP contribution >= 0.6 is 0 Å². The molecule has 126 valence electrons. The summed E-state index contributed by atoms with van der Waals surface area (Å²) in [7, 11) is 1.79. The Morgan fingerprint density at radius 1 is 1.35 bits per heavy atom. The summed E-state index contributed by atoms with van der Waals surface area (Å²) in [5, 5.41) is 13.0. The van der Waals surface area contributed by atoms with E-state index in [1.165, 1.54) is 5.56 Å². The van der Waals surface area contributed by atoms with Crippen LogP contribution in [0.4, 0.5) is 4.79 Å². The molecule has 0 spiro atoms. The predicted octanol–water partition coefficient (Wildman–Crippen LogP) is 2.18. The molecule has 23 heavy (non-hydrogen) atoms. The van der Waals surface area contributed by atoms with Crippen LogP contribution in [0.1, 0.15) is 31.2 Å². The molecule has 1 saturated carbocycles. The number of amides is 2. The van der Waals surface area contributed by atoms with Gasteiger partial charge in [0.1, 0.15) is 11.9 Å². The molecule has 1 aliphatic heterocycles. The van der Waals surface area contributed by atoms with Crippen LogP contribution in [0.3, 0.4) is 0 Å². The van der Waals surface area contributed by atoms with Gasteiger partial charge in [-0.05, 0) is 24.5 Å². The van der Waals surface area contributed by atoms with Crippen molar-refractivity contribution in [3.63, 3.8) is 0 Å². The summed E-state index contributed by atoms with van der Waals surface area (Å²) in [6.45, 7) is 1.11. The van der Waals surface area contributed by atoms with Gasteiger partial charge in [-0.1, -0.05) is 31.0 Å². The second-order valence-corrected chi connectivity index (χ2v) is 6.73. The Morgan fingerprint density at radius 2 is 2.13 bits per heavy atom. The van der Waals surface area contributed by atoms with Gasteiger partial charge in [-0.2, -0.15) is 0 Å². The van der Waals surface area contributed by atoms with Crippen molar-refractivity contribution in [2.75, 3.05) is 20.1 Å². The summed E-state index contributed by atoms with van der Waals surface area (Å²) in [6.07, 6.45) is 4.66. The van der Waals surface area contributed by atoms with E-state index >= 15 is 0 Å². The smallest absolute Gasteiger partial charge is 0.317 e. The van der Waals surface area contributed by atoms with Crippen molar-refractivity contribution in [2.24, 2.45) is 5.92 Å². The zero-order valence-electron chi connectivity index (χ0n) is 13.7. The molecule has 0 aromatic heterocycles. The fourth-order valence-corrected chi connectivity index (χ4v) is 3.54. The Balaban J connectivity index is 1.43. The van der Waals surface area contributed by atoms with Gasteiger partial charge in [0.2, 0.25) is 0 Å². The van der Waals surface area contributed by atoms with Gasteiger partial charge in [-0.15, -0.1) is 0 Å². The van der Waals surface area contributed by atoms with Gasteiger partial charge in [0.25, 0.3) is 0 Å². The first kappa shape index (κ1) is 16.1. The van der Waals surface area contributed by atoms with Gasteiger partial charge in [0.15, 0.2) is 0 Å². The van der Waals surface area contributed by atoms with Crippen molar-refractivity contribution in [1.29, 1.82) is 0 Å². The molecule has 5 nitrogen and oxygen atoms in total. The number of urea groups is 1. The third-order valence-electron chi connectivity index (χ3n) is 4.92. The number of fused-ring (bicyclic) bond motifs is 1. The minimum atomic E-state index is -0.272. The minimum absolute atomic E-state index is 0.00465. The quantitative estimate of drug-likeness (QED) is 0.894. The summed E-state index contributed by atoms with van der Waals surface area (Å²) >= 11 is 0. The zero-order chi connectivity index (χ0) is 16.2. The van der Waals surface area contributed by atoms with Crippen LogP contribution in [0.15, 0.2) is 24.3 Å². The van der Waals surface area contributed by atoms with Crippen molar-refractivity contribution in [3.8, 4) is 5.75 Å². The number of aliphatic hydroxyl groups excluding tert-OH is 1. The van der Waals surface area contributed by atoms with Crippen molar-refractivity contribution in [3.05, 3.63) is 29.8 Å². The molecule has 1 heterocycles. The van der Waals surface area contributed by atoms with E-state index in [0.717, 1.165) is 37.9 Å². The van der Waals surface area contributed by atoms with E-state index < -0.39 is 0 Å². The van der Waals surface area contributed by atoms with E-state index in [-0.39, 0.29) is 24.2 Å². The van der Waals surface area contributed by atoms with Gasteiger partial charge in [-0.3, -0.25) is 0 Å². The highest BCUT2D eigenvalue weighted by molar-refractivity contribution is 5.73. The minimum Gasteiger partial charge on any atom is -0.488 e. The van der Waals surface area contributed by atoms with Gasteiger partial charge in [0, 0.05) is 25.9 Å². The fourth-order valence-electron chi connectivity index (χ4n) is 3.54. The van der Waals surface area contributed by atoms with Crippen LogP contribution < -0.4 is 10.1 Å². The number of hydrogen-bond acceptors (Lipinski definition) is 3. The lowest BCUT2D eigenvalue weighted by molar-refractivity contribution is 0.0563. The SMILES string of the molecule is CN(C[C@@H]1CCCC[C@@H]1O)C(=O)NC[C@H]1Cc2ccccc2O1. The number of nitrogens with zero attached hydrogens (tertiary/aromatic N) is 1. The van der Waals surface area contributed by atoms with Crippen LogP contribution in [0.25, 0.3) is 0 Å². The highest BCUT2D eigenvalue weighted by Gasteiger charge is 2.27. The largest absolute Gasteiger partial charge is 0.488 e. The number of rotatable bonds is 4. The van der Waals surface area contributed by atoms with E-state index in [9.17, 15) is 9.90 Å². The molecule has 3 rings (SSSR count). The second-order valence-electron chi connectivity index (χ2n) is 6.73. The number of carbonyl (C=O) groups is 1. The maximum atomic E-state index is 12.2. The molecular weight excluding hydrogens is 292 g/mol. The van der Waals surface area contributed by atoms with Crippen molar-refractivity contribution >= 4 is 6.03 Å². The lowest BCUT2D eigenvalue weighted by Crippen LogP contribution is -2.45. The summed E-state index contributed by atoms with van der Waals surface area (Å²) in [5.41, 5.74) is 1.20. The summed E-state index contributed by atoms with van der Waals surface area (Å²) < 4.78 is 5.83. The van der Waals surface area contributed by atoms with Crippen molar-refractivity contribution < 1.29 is 14.6 Å². The first-order valence-electron chi connectivity index (χ1n) is 8.55. The molecule has 1 fully saturated rings. The van der Waals surface area contributed by atoms with Crippen LogP contribution in [-0.2, 0) is 6.42 Å². The monoisotopic (exact) mass is 318 g/mol. The molecule has 2 aliphatic rings. The highest BCUT2D eigenvalue weighted by Crippen LogP contribution is 2.28.